The third-order valence-electron chi connectivity index (χ3n) is 0.769. The highest BCUT2D eigenvalue weighted by atomic mass is 19.2. The minimum absolute atomic E-state index is 0. The first-order chi connectivity index (χ1) is 5.72. The average molecular weight is 210 g/mol. The summed E-state index contributed by atoms with van der Waals surface area (Å²) in [7, 11) is 0.500. The molecule has 0 N–H and O–H groups in total. The van der Waals surface area contributed by atoms with Crippen molar-refractivity contribution in [1.82, 2.24) is 0 Å². The average Bonchev–Trinajstić information content (AvgIpc) is 2.10. The van der Waals surface area contributed by atoms with Gasteiger partial charge in [-0.05, 0) is 13.3 Å². The standard InChI is InChI=1S/C5H10F2.C2H5F.CH3F.FH/c1-2-3-5(7)4-6;1-2-3;1-2;/h5H,2-4H2,1H3;2H2,1H3;1H3;1H. The SMILES string of the molecule is CCCC(F)CF.CCF.CF.F. The molecule has 0 aliphatic carbocycles. The molecule has 0 fully saturated rings. The highest BCUT2D eigenvalue weighted by Crippen LogP contribution is 2.00. The van der Waals surface area contributed by atoms with Crippen molar-refractivity contribution in [3.63, 3.8) is 0 Å². The van der Waals surface area contributed by atoms with Gasteiger partial charge in [0.1, 0.15) is 12.8 Å². The Morgan fingerprint density at radius 3 is 1.46 bits per heavy atom. The van der Waals surface area contributed by atoms with E-state index in [9.17, 15) is 17.6 Å². The van der Waals surface area contributed by atoms with E-state index in [2.05, 4.69) is 0 Å². The van der Waals surface area contributed by atoms with Crippen LogP contribution in [0.4, 0.5) is 22.3 Å². The van der Waals surface area contributed by atoms with Gasteiger partial charge in [-0.15, -0.1) is 0 Å². The zero-order valence-electron chi connectivity index (χ0n) is 8.33. The van der Waals surface area contributed by atoms with Crippen LogP contribution in [0.1, 0.15) is 26.7 Å². The topological polar surface area (TPSA) is 0 Å². The van der Waals surface area contributed by atoms with Crippen LogP contribution in [0.5, 0.6) is 0 Å². The number of alkyl halides is 4. The molecule has 5 heteroatoms. The Labute approximate surface area is 76.7 Å². The summed E-state index contributed by atoms with van der Waals surface area (Å²) in [4.78, 5) is 0. The maximum absolute atomic E-state index is 11.8. The lowest BCUT2D eigenvalue weighted by Gasteiger charge is -1.95. The van der Waals surface area contributed by atoms with Gasteiger partial charge < -0.3 is 0 Å². The fourth-order valence-electron chi connectivity index (χ4n) is 0.390. The number of halogens is 5. The van der Waals surface area contributed by atoms with Gasteiger partial charge in [-0.1, -0.05) is 13.3 Å². The summed E-state index contributed by atoms with van der Waals surface area (Å²) >= 11 is 0. The summed E-state index contributed by atoms with van der Waals surface area (Å²) in [5, 5.41) is 0. The molecule has 0 aromatic heterocycles. The Kier molecular flexibility index (Phi) is 52.7. The Hall–Kier alpha value is -0.350. The molecule has 0 aromatic rings. The summed E-state index contributed by atoms with van der Waals surface area (Å²) in [5.41, 5.74) is 0. The van der Waals surface area contributed by atoms with Crippen LogP contribution in [0.2, 0.25) is 0 Å². The largest absolute Gasteiger partial charge is 0.269 e. The molecule has 0 aliphatic heterocycles. The molecule has 0 radical (unpaired) electrons. The molecule has 0 heterocycles. The van der Waals surface area contributed by atoms with Crippen LogP contribution in [0.3, 0.4) is 0 Å². The molecule has 0 aliphatic rings. The molecule has 0 spiro atoms. The molecule has 0 bridgehead atoms. The van der Waals surface area contributed by atoms with Crippen LogP contribution in [0, 0.1) is 0 Å². The van der Waals surface area contributed by atoms with Crippen LogP contribution in [0.15, 0.2) is 0 Å². The first-order valence-corrected chi connectivity index (χ1v) is 3.86. The van der Waals surface area contributed by atoms with E-state index in [0.717, 1.165) is 6.42 Å². The van der Waals surface area contributed by atoms with Gasteiger partial charge >= 0.3 is 0 Å². The highest BCUT2D eigenvalue weighted by Gasteiger charge is 2.00. The van der Waals surface area contributed by atoms with Gasteiger partial charge in [-0.2, -0.15) is 0 Å². The van der Waals surface area contributed by atoms with E-state index in [1.807, 2.05) is 6.92 Å². The van der Waals surface area contributed by atoms with Crippen molar-refractivity contribution in [1.29, 1.82) is 0 Å². The van der Waals surface area contributed by atoms with E-state index in [1.165, 1.54) is 6.92 Å². The van der Waals surface area contributed by atoms with Gasteiger partial charge in [-0.25, -0.2) is 8.78 Å². The van der Waals surface area contributed by atoms with Gasteiger partial charge in [0.2, 0.25) is 0 Å². The zero-order chi connectivity index (χ0) is 10.4. The van der Waals surface area contributed by atoms with E-state index < -0.39 is 12.8 Å². The second kappa shape index (κ2) is 29.9. The molecule has 0 rings (SSSR count). The smallest absolute Gasteiger partial charge is 0.128 e. The molecule has 0 saturated heterocycles. The van der Waals surface area contributed by atoms with Crippen molar-refractivity contribution in [3.05, 3.63) is 0 Å². The van der Waals surface area contributed by atoms with Crippen molar-refractivity contribution in [2.75, 3.05) is 20.5 Å². The van der Waals surface area contributed by atoms with Crippen molar-refractivity contribution in [2.45, 2.75) is 32.9 Å². The van der Waals surface area contributed by atoms with Crippen LogP contribution in [-0.4, -0.2) is 26.7 Å². The van der Waals surface area contributed by atoms with Gasteiger partial charge in [0.15, 0.2) is 0 Å². The minimum Gasteiger partial charge on any atom is -0.269 e. The van der Waals surface area contributed by atoms with Gasteiger partial charge in [-0.3, -0.25) is 13.5 Å². The lowest BCUT2D eigenvalue weighted by Crippen LogP contribution is -1.99. The van der Waals surface area contributed by atoms with Crippen molar-refractivity contribution >= 4 is 0 Å². The normalized spacial score (nSPS) is 9.46. The molecule has 13 heavy (non-hydrogen) atoms. The Balaban J connectivity index is -0.0000000581. The van der Waals surface area contributed by atoms with E-state index in [-0.39, 0.29) is 11.4 Å². The first-order valence-electron chi connectivity index (χ1n) is 3.86. The summed E-state index contributed by atoms with van der Waals surface area (Å²) < 4.78 is 42.7. The predicted octanol–water partition coefficient (Wildman–Crippen LogP) is 3.81. The van der Waals surface area contributed by atoms with E-state index in [4.69, 9.17) is 0 Å². The number of hydrogen-bond donors (Lipinski definition) is 0. The molecule has 0 amide bonds. The van der Waals surface area contributed by atoms with E-state index in [0.29, 0.717) is 13.6 Å². The second-order valence-electron chi connectivity index (χ2n) is 1.81. The molecule has 86 valence electrons. The molecular formula is C8H19F5. The molecule has 0 saturated carbocycles. The van der Waals surface area contributed by atoms with Crippen LogP contribution >= 0.6 is 0 Å². The van der Waals surface area contributed by atoms with Gasteiger partial charge in [0, 0.05) is 0 Å². The maximum Gasteiger partial charge on any atom is 0.128 e. The molecule has 0 aromatic carbocycles. The predicted molar refractivity (Wildman–Crippen MR) is 47.0 cm³/mol. The maximum atomic E-state index is 11.8. The third-order valence-corrected chi connectivity index (χ3v) is 0.769. The summed E-state index contributed by atoms with van der Waals surface area (Å²) in [5.74, 6) is 0. The van der Waals surface area contributed by atoms with Gasteiger partial charge in [0.05, 0.1) is 13.9 Å². The van der Waals surface area contributed by atoms with Crippen LogP contribution < -0.4 is 0 Å². The molecule has 1 unspecified atom stereocenters. The monoisotopic (exact) mass is 210 g/mol. The van der Waals surface area contributed by atoms with E-state index >= 15 is 0 Å². The number of rotatable bonds is 3. The third kappa shape index (κ3) is 50.2. The number of hydrogen-bond acceptors (Lipinski definition) is 0. The van der Waals surface area contributed by atoms with Crippen LogP contribution in [-0.2, 0) is 0 Å². The summed E-state index contributed by atoms with van der Waals surface area (Å²) in [6.07, 6.45) is -0.133. The summed E-state index contributed by atoms with van der Waals surface area (Å²) in [6.45, 7) is 2.22. The molecule has 1 atom stereocenters. The zero-order valence-corrected chi connectivity index (χ0v) is 8.33. The van der Waals surface area contributed by atoms with Crippen molar-refractivity contribution in [3.8, 4) is 0 Å². The Bertz CT molecular complexity index is 51.8. The quantitative estimate of drug-likeness (QED) is 0.621. The van der Waals surface area contributed by atoms with E-state index in [1.54, 1.807) is 0 Å². The van der Waals surface area contributed by atoms with Crippen molar-refractivity contribution in [2.24, 2.45) is 0 Å². The lowest BCUT2D eigenvalue weighted by molar-refractivity contribution is 0.246. The lowest BCUT2D eigenvalue weighted by atomic mass is 10.2. The second-order valence-corrected chi connectivity index (χ2v) is 1.81. The molecule has 0 nitrogen and oxygen atoms in total. The minimum atomic E-state index is -1.22. The fourth-order valence-corrected chi connectivity index (χ4v) is 0.390. The Morgan fingerprint density at radius 2 is 1.38 bits per heavy atom. The van der Waals surface area contributed by atoms with Gasteiger partial charge in [0.25, 0.3) is 0 Å². The summed E-state index contributed by atoms with van der Waals surface area (Å²) in [6, 6.07) is 0. The van der Waals surface area contributed by atoms with Crippen LogP contribution in [0.25, 0.3) is 0 Å². The first kappa shape index (κ1) is 22.9. The molecular weight excluding hydrogens is 191 g/mol. The highest BCUT2D eigenvalue weighted by molar-refractivity contribution is 4.49. The fraction of sp³-hybridized carbons (Fsp3) is 1.00. The van der Waals surface area contributed by atoms with Crippen molar-refractivity contribution < 1.29 is 22.3 Å². The Morgan fingerprint density at radius 1 is 1.08 bits per heavy atom.